The van der Waals surface area contributed by atoms with Gasteiger partial charge in [0.2, 0.25) is 0 Å². The summed E-state index contributed by atoms with van der Waals surface area (Å²) in [5.41, 5.74) is 7.78. The summed E-state index contributed by atoms with van der Waals surface area (Å²) in [7, 11) is 3.27. The summed E-state index contributed by atoms with van der Waals surface area (Å²) < 4.78 is 10.6. The molecule has 20 heavy (non-hydrogen) atoms. The van der Waals surface area contributed by atoms with Crippen LogP contribution in [0.1, 0.15) is 12.8 Å². The van der Waals surface area contributed by atoms with Crippen molar-refractivity contribution in [2.75, 3.05) is 44.9 Å². The molecule has 0 saturated carbocycles. The molecule has 0 spiro atoms. The van der Waals surface area contributed by atoms with Crippen molar-refractivity contribution >= 4 is 11.4 Å². The van der Waals surface area contributed by atoms with Crippen LogP contribution in [0.5, 0.6) is 11.5 Å². The van der Waals surface area contributed by atoms with Crippen molar-refractivity contribution in [1.29, 1.82) is 0 Å². The smallest absolute Gasteiger partial charge is 0.162 e. The van der Waals surface area contributed by atoms with Crippen molar-refractivity contribution in [1.82, 2.24) is 4.90 Å². The molecular formula is C15H23N3O2. The molecule has 3 saturated heterocycles. The fourth-order valence-corrected chi connectivity index (χ4v) is 3.35. The van der Waals surface area contributed by atoms with Gasteiger partial charge in [0.15, 0.2) is 11.5 Å². The minimum Gasteiger partial charge on any atom is -0.493 e. The molecule has 3 N–H and O–H groups in total. The van der Waals surface area contributed by atoms with Crippen molar-refractivity contribution in [3.05, 3.63) is 12.1 Å². The molecule has 1 aromatic rings. The molecule has 0 radical (unpaired) electrons. The van der Waals surface area contributed by atoms with Crippen LogP contribution in [0.2, 0.25) is 0 Å². The van der Waals surface area contributed by atoms with Gasteiger partial charge in [-0.05, 0) is 31.8 Å². The standard InChI is InChI=1S/C15H23N3O2/c1-19-14-7-11(16)12(8-15(14)20-2)17-13-9-18-5-3-10(13)4-6-18/h7-8,10,13,17H,3-6,9,16H2,1-2H3. The van der Waals surface area contributed by atoms with Crippen LogP contribution in [-0.4, -0.2) is 44.8 Å². The normalized spacial score (nSPS) is 28.2. The molecule has 0 aromatic heterocycles. The number of hydrogen-bond acceptors (Lipinski definition) is 5. The number of nitrogens with two attached hydrogens (primary N) is 1. The molecule has 0 amide bonds. The van der Waals surface area contributed by atoms with Crippen LogP contribution >= 0.6 is 0 Å². The molecule has 1 aromatic carbocycles. The van der Waals surface area contributed by atoms with Gasteiger partial charge in [0.25, 0.3) is 0 Å². The number of piperidine rings is 3. The van der Waals surface area contributed by atoms with E-state index in [2.05, 4.69) is 10.2 Å². The summed E-state index contributed by atoms with van der Waals surface area (Å²) in [6, 6.07) is 4.24. The number of anilines is 2. The Morgan fingerprint density at radius 3 is 2.35 bits per heavy atom. The van der Waals surface area contributed by atoms with Gasteiger partial charge < -0.3 is 25.4 Å². The lowest BCUT2D eigenvalue weighted by Gasteiger charge is -2.45. The maximum absolute atomic E-state index is 6.12. The zero-order valence-corrected chi connectivity index (χ0v) is 12.2. The monoisotopic (exact) mass is 277 g/mol. The minimum atomic E-state index is 0.484. The summed E-state index contributed by atoms with van der Waals surface area (Å²) >= 11 is 0. The number of fused-ring (bicyclic) bond motifs is 3. The maximum atomic E-state index is 6.12. The third kappa shape index (κ3) is 2.38. The third-order valence-electron chi connectivity index (χ3n) is 4.55. The lowest BCUT2D eigenvalue weighted by Crippen LogP contribution is -2.53. The van der Waals surface area contributed by atoms with Crippen molar-refractivity contribution in [2.45, 2.75) is 18.9 Å². The molecule has 110 valence electrons. The number of nitrogens with one attached hydrogen (secondary N) is 1. The van der Waals surface area contributed by atoms with Gasteiger partial charge in [-0.2, -0.15) is 0 Å². The van der Waals surface area contributed by atoms with Crippen LogP contribution in [0.3, 0.4) is 0 Å². The van der Waals surface area contributed by atoms with E-state index < -0.39 is 0 Å². The first kappa shape index (κ1) is 13.4. The van der Waals surface area contributed by atoms with Gasteiger partial charge in [-0.25, -0.2) is 0 Å². The second-order valence-electron chi connectivity index (χ2n) is 5.68. The highest BCUT2D eigenvalue weighted by Gasteiger charge is 2.34. The Kier molecular flexibility index (Phi) is 3.61. The topological polar surface area (TPSA) is 59.8 Å². The first-order chi connectivity index (χ1) is 9.71. The number of nitrogens with zero attached hydrogens (tertiary/aromatic N) is 1. The molecule has 3 heterocycles. The fraction of sp³-hybridized carbons (Fsp3) is 0.600. The van der Waals surface area contributed by atoms with Crippen LogP contribution in [-0.2, 0) is 0 Å². The Hall–Kier alpha value is -1.62. The number of ether oxygens (including phenoxy) is 2. The Morgan fingerprint density at radius 2 is 1.80 bits per heavy atom. The first-order valence-electron chi connectivity index (χ1n) is 7.21. The van der Waals surface area contributed by atoms with Gasteiger partial charge >= 0.3 is 0 Å². The Labute approximate surface area is 120 Å². The summed E-state index contributed by atoms with van der Waals surface area (Å²) in [5, 5.41) is 3.60. The molecule has 1 atom stereocenters. The molecular weight excluding hydrogens is 254 g/mol. The highest BCUT2D eigenvalue weighted by molar-refractivity contribution is 5.72. The Morgan fingerprint density at radius 1 is 1.15 bits per heavy atom. The van der Waals surface area contributed by atoms with E-state index in [0.29, 0.717) is 23.2 Å². The number of benzene rings is 1. The van der Waals surface area contributed by atoms with Crippen molar-refractivity contribution < 1.29 is 9.47 Å². The second-order valence-corrected chi connectivity index (χ2v) is 5.68. The predicted octanol–water partition coefficient (Wildman–Crippen LogP) is 1.79. The average Bonchev–Trinajstić information content (AvgIpc) is 2.50. The summed E-state index contributed by atoms with van der Waals surface area (Å²) in [6.45, 7) is 3.59. The fourth-order valence-electron chi connectivity index (χ4n) is 3.35. The SMILES string of the molecule is COc1cc(N)c(NC2CN3CCC2CC3)cc1OC. The predicted molar refractivity (Wildman–Crippen MR) is 80.5 cm³/mol. The van der Waals surface area contributed by atoms with Crippen LogP contribution in [0.4, 0.5) is 11.4 Å². The quantitative estimate of drug-likeness (QED) is 0.822. The largest absolute Gasteiger partial charge is 0.493 e. The zero-order chi connectivity index (χ0) is 14.1. The number of hydrogen-bond donors (Lipinski definition) is 2. The van der Waals surface area contributed by atoms with E-state index in [1.165, 1.54) is 25.9 Å². The molecule has 3 aliphatic rings. The van der Waals surface area contributed by atoms with Gasteiger partial charge in [-0.1, -0.05) is 0 Å². The first-order valence-corrected chi connectivity index (χ1v) is 7.21. The molecule has 3 fully saturated rings. The van der Waals surface area contributed by atoms with E-state index in [-0.39, 0.29) is 0 Å². The van der Waals surface area contributed by atoms with Crippen LogP contribution in [0.25, 0.3) is 0 Å². The van der Waals surface area contributed by atoms with E-state index in [1.54, 1.807) is 14.2 Å². The van der Waals surface area contributed by atoms with Crippen molar-refractivity contribution in [3.8, 4) is 11.5 Å². The van der Waals surface area contributed by atoms with Crippen LogP contribution < -0.4 is 20.5 Å². The van der Waals surface area contributed by atoms with Crippen LogP contribution in [0, 0.1) is 5.92 Å². The molecule has 0 aliphatic carbocycles. The maximum Gasteiger partial charge on any atom is 0.162 e. The van der Waals surface area contributed by atoms with Gasteiger partial charge in [0, 0.05) is 24.7 Å². The Balaban J connectivity index is 1.80. The van der Waals surface area contributed by atoms with Crippen molar-refractivity contribution in [3.63, 3.8) is 0 Å². The van der Waals surface area contributed by atoms with E-state index in [0.717, 1.165) is 18.2 Å². The summed E-state index contributed by atoms with van der Waals surface area (Å²) in [5.74, 6) is 2.14. The highest BCUT2D eigenvalue weighted by Crippen LogP contribution is 2.37. The minimum absolute atomic E-state index is 0.484. The number of methoxy groups -OCH3 is 2. The Bertz CT molecular complexity index is 484. The highest BCUT2D eigenvalue weighted by atomic mass is 16.5. The molecule has 5 nitrogen and oxygen atoms in total. The zero-order valence-electron chi connectivity index (χ0n) is 12.2. The van der Waals surface area contributed by atoms with Gasteiger partial charge in [-0.15, -0.1) is 0 Å². The number of rotatable bonds is 4. The molecule has 5 heteroatoms. The molecule has 2 bridgehead atoms. The lowest BCUT2D eigenvalue weighted by molar-refractivity contribution is 0.0975. The third-order valence-corrected chi connectivity index (χ3v) is 4.55. The number of nitrogen functional groups attached to an aromatic ring is 1. The van der Waals surface area contributed by atoms with Gasteiger partial charge in [0.05, 0.1) is 25.6 Å². The summed E-state index contributed by atoms with van der Waals surface area (Å²) in [6.07, 6.45) is 2.57. The molecule has 3 aliphatic heterocycles. The lowest BCUT2D eigenvalue weighted by atomic mass is 9.84. The molecule has 4 rings (SSSR count). The van der Waals surface area contributed by atoms with E-state index in [9.17, 15) is 0 Å². The second kappa shape index (κ2) is 5.40. The van der Waals surface area contributed by atoms with Crippen LogP contribution in [0.15, 0.2) is 12.1 Å². The van der Waals surface area contributed by atoms with E-state index in [4.69, 9.17) is 15.2 Å². The molecule has 1 unspecified atom stereocenters. The van der Waals surface area contributed by atoms with E-state index >= 15 is 0 Å². The van der Waals surface area contributed by atoms with Gasteiger partial charge in [0.1, 0.15) is 0 Å². The van der Waals surface area contributed by atoms with E-state index in [1.807, 2.05) is 12.1 Å². The summed E-state index contributed by atoms with van der Waals surface area (Å²) in [4.78, 5) is 2.52. The average molecular weight is 277 g/mol. The van der Waals surface area contributed by atoms with Gasteiger partial charge in [-0.3, -0.25) is 0 Å². The van der Waals surface area contributed by atoms with Crippen molar-refractivity contribution in [2.24, 2.45) is 5.92 Å².